The molecule has 0 fully saturated rings. The normalized spacial score (nSPS) is 11.1. The van der Waals surface area contributed by atoms with Crippen LogP contribution in [0.25, 0.3) is 44.5 Å². The second-order valence-corrected chi connectivity index (χ2v) is 28.2. The molecule has 0 heterocycles. The lowest BCUT2D eigenvalue weighted by Crippen LogP contribution is -2.31. The molecule has 10 nitrogen and oxygen atoms in total. The Morgan fingerprint density at radius 2 is 0.313 bits per heavy atom. The molecular weight excluding hydrogens is 1410 g/mol. The van der Waals surface area contributed by atoms with Gasteiger partial charge in [-0.25, -0.2) is 0 Å². The first kappa shape index (κ1) is 74.6. The quantitative estimate of drug-likeness (QED) is 0.0490. The molecule has 0 spiro atoms. The average Bonchev–Trinajstić information content (AvgIpc) is 0.721. The number of hydrogen-bond acceptors (Lipinski definition) is 10. The highest BCUT2D eigenvalue weighted by Gasteiger charge is 2.39. The van der Waals surface area contributed by atoms with Gasteiger partial charge in [0.05, 0.1) is 82.2 Å². The Bertz CT molecular complexity index is 5550. The first-order valence-electron chi connectivity index (χ1n) is 38.5. The van der Waals surface area contributed by atoms with E-state index in [9.17, 15) is 0 Å². The number of methoxy groups -OCH3 is 6. The highest BCUT2D eigenvalue weighted by molar-refractivity contribution is 5.89. The molecule has 16 rings (SSSR count). The molecule has 0 aliphatic heterocycles. The van der Waals surface area contributed by atoms with Crippen molar-refractivity contribution in [3.8, 4) is 79.0 Å². The summed E-state index contributed by atoms with van der Waals surface area (Å²) < 4.78 is 35.9. The maximum absolute atomic E-state index is 6.00. The van der Waals surface area contributed by atoms with E-state index in [4.69, 9.17) is 28.4 Å². The van der Waals surface area contributed by atoms with Gasteiger partial charge in [0.1, 0.15) is 34.5 Å². The minimum atomic E-state index is -0.894. The molecule has 0 saturated carbocycles. The number of anilines is 12. The van der Waals surface area contributed by atoms with Gasteiger partial charge < -0.3 is 48.0 Å². The van der Waals surface area contributed by atoms with Gasteiger partial charge in [-0.2, -0.15) is 0 Å². The average molecular weight is 1500 g/mol. The maximum atomic E-state index is 6.00. The fourth-order valence-electron chi connectivity index (χ4n) is 16.0. The van der Waals surface area contributed by atoms with Gasteiger partial charge in [-0.1, -0.05) is 255 Å². The van der Waals surface area contributed by atoms with Crippen LogP contribution in [0.4, 0.5) is 68.2 Å². The monoisotopic (exact) mass is 1500 g/mol. The minimum absolute atomic E-state index is 0.739. The van der Waals surface area contributed by atoms with E-state index in [1.807, 2.05) is 97.1 Å². The number of rotatable bonds is 26. The number of hydrogen-bond donors (Lipinski definition) is 0. The van der Waals surface area contributed by atoms with Gasteiger partial charge in [-0.3, -0.25) is 0 Å². The molecule has 0 radical (unpaired) electrons. The molecule has 10 heteroatoms. The molecule has 0 amide bonds. The number of para-hydroxylation sites is 14. The van der Waals surface area contributed by atoms with Gasteiger partial charge in [-0.15, -0.1) is 0 Å². The Kier molecular flexibility index (Phi) is 21.8. The number of aryl methyl sites for hydroxylation is 2. The lowest BCUT2D eigenvalue weighted by molar-refractivity contribution is 0.412. The van der Waals surface area contributed by atoms with Crippen LogP contribution in [0.1, 0.15) is 33.4 Å². The highest BCUT2D eigenvalue weighted by Crippen LogP contribution is 2.52. The predicted molar refractivity (Wildman–Crippen MR) is 474 cm³/mol. The summed E-state index contributed by atoms with van der Waals surface area (Å²) in [6.07, 6.45) is 0. The van der Waals surface area contributed by atoms with Crippen molar-refractivity contribution in [1.29, 1.82) is 0 Å². The Morgan fingerprint density at radius 3 is 0.487 bits per heavy atom. The van der Waals surface area contributed by atoms with Gasteiger partial charge >= 0.3 is 0 Å². The van der Waals surface area contributed by atoms with Crippen molar-refractivity contribution in [3.05, 3.63) is 422 Å². The molecule has 0 aliphatic carbocycles. The fraction of sp³-hybridized carbons (Fsp3) is 0.0857. The van der Waals surface area contributed by atoms with E-state index in [2.05, 4.69) is 325 Å². The van der Waals surface area contributed by atoms with E-state index >= 15 is 0 Å². The molecule has 115 heavy (non-hydrogen) atoms. The maximum Gasteiger partial charge on any atom is 0.142 e. The second-order valence-electron chi connectivity index (χ2n) is 28.2. The summed E-state index contributed by atoms with van der Waals surface area (Å²) >= 11 is 0. The largest absolute Gasteiger partial charge is 0.495 e. The molecular formula is C105H88N4O6. The molecule has 16 aromatic rings. The predicted octanol–water partition coefficient (Wildman–Crippen LogP) is 27.3. The third-order valence-electron chi connectivity index (χ3n) is 21.8. The summed E-state index contributed by atoms with van der Waals surface area (Å²) in [6.45, 7) is 4.30. The molecule has 0 saturated heterocycles. The molecule has 0 aliphatic rings. The van der Waals surface area contributed by atoms with Crippen molar-refractivity contribution in [2.75, 3.05) is 62.3 Å². The third-order valence-corrected chi connectivity index (χ3v) is 21.8. The first-order chi connectivity index (χ1) is 56.6. The summed E-state index contributed by atoms with van der Waals surface area (Å²) in [5.41, 5.74) is 25.9. The lowest BCUT2D eigenvalue weighted by atomic mass is 9.64. The summed E-state index contributed by atoms with van der Waals surface area (Å²) in [5.74, 6) is 4.53. The van der Waals surface area contributed by atoms with Crippen LogP contribution in [0, 0.1) is 13.8 Å². The summed E-state index contributed by atoms with van der Waals surface area (Å²) in [6, 6.07) is 138. The fourth-order valence-corrected chi connectivity index (χ4v) is 16.0. The number of benzene rings is 16. The standard InChI is InChI=1S/C105H88N4O6/c1-73-25-9-11-27-91(73)106(93-29-13-19-35-99(93)110-3)87-65-49-79(50-66-87)75-41-57-83(58-42-75)105(84-59-43-76(44-60-84)80-51-67-88(68-52-80)107(92-28-12-10-26-74(92)2)94-30-14-20-36-100(94)111-4,85-61-45-77(46-62-85)81-53-69-89(70-54-81)108(95-31-15-21-37-101(95)112-5)96-32-16-22-38-102(96)113-6)86-63-47-78(48-64-86)82-55-71-90(72-56-82)109(97-33-17-23-39-103(97)114-7)98-34-18-24-40-104(98)115-8/h9-72H,1-8H3. The zero-order chi connectivity index (χ0) is 78.8. The van der Waals surface area contributed by atoms with Crippen molar-refractivity contribution < 1.29 is 28.4 Å². The van der Waals surface area contributed by atoms with Crippen molar-refractivity contribution in [2.45, 2.75) is 19.3 Å². The van der Waals surface area contributed by atoms with Gasteiger partial charge in [0.2, 0.25) is 0 Å². The van der Waals surface area contributed by atoms with Crippen LogP contribution in [0.5, 0.6) is 34.5 Å². The Morgan fingerprint density at radius 1 is 0.165 bits per heavy atom. The second kappa shape index (κ2) is 33.6. The summed E-state index contributed by atoms with van der Waals surface area (Å²) in [5, 5.41) is 0. The van der Waals surface area contributed by atoms with Crippen LogP contribution in [0.2, 0.25) is 0 Å². The van der Waals surface area contributed by atoms with E-state index in [0.717, 1.165) is 181 Å². The van der Waals surface area contributed by atoms with E-state index in [1.165, 1.54) is 0 Å². The van der Waals surface area contributed by atoms with E-state index in [0.29, 0.717) is 0 Å². The van der Waals surface area contributed by atoms with Gasteiger partial charge in [-0.05, 0) is 225 Å². The summed E-state index contributed by atoms with van der Waals surface area (Å²) in [7, 11) is 10.3. The molecule has 0 bridgehead atoms. The van der Waals surface area contributed by atoms with Gasteiger partial charge in [0.15, 0.2) is 0 Å². The van der Waals surface area contributed by atoms with E-state index < -0.39 is 5.41 Å². The summed E-state index contributed by atoms with van der Waals surface area (Å²) in [4.78, 5) is 8.94. The van der Waals surface area contributed by atoms with Crippen molar-refractivity contribution >= 4 is 68.2 Å². The Balaban J connectivity index is 0.835. The van der Waals surface area contributed by atoms with Crippen LogP contribution in [-0.4, -0.2) is 42.7 Å². The minimum Gasteiger partial charge on any atom is -0.495 e. The molecule has 564 valence electrons. The number of ether oxygens (including phenoxy) is 6. The molecule has 0 atom stereocenters. The number of nitrogens with zero attached hydrogens (tertiary/aromatic N) is 4. The van der Waals surface area contributed by atoms with Crippen molar-refractivity contribution in [3.63, 3.8) is 0 Å². The van der Waals surface area contributed by atoms with E-state index in [1.54, 1.807) is 42.7 Å². The van der Waals surface area contributed by atoms with Gasteiger partial charge in [0, 0.05) is 34.1 Å². The molecule has 0 unspecified atom stereocenters. The lowest BCUT2D eigenvalue weighted by Gasteiger charge is -2.37. The zero-order valence-corrected chi connectivity index (χ0v) is 65.7. The molecule has 0 aromatic heterocycles. The topological polar surface area (TPSA) is 68.3 Å². The SMILES string of the molecule is COc1ccccc1N(c1ccc(-c2ccc(C(c3ccc(-c4ccc(N(c5ccccc5C)c5ccccc5OC)cc4)cc3)(c3ccc(-c4ccc(N(c5ccccc5OC)c5ccccc5OC)cc4)cc3)c3ccc(-c4ccc(N(c5ccccc5OC)c5ccccc5OC)cc4)cc3)cc2)cc1)c1ccccc1C. The van der Waals surface area contributed by atoms with E-state index in [-0.39, 0.29) is 0 Å². The van der Waals surface area contributed by atoms with Crippen molar-refractivity contribution in [1.82, 2.24) is 0 Å². The zero-order valence-electron chi connectivity index (χ0n) is 65.7. The van der Waals surface area contributed by atoms with Crippen LogP contribution in [-0.2, 0) is 5.41 Å². The van der Waals surface area contributed by atoms with Gasteiger partial charge in [0.25, 0.3) is 0 Å². The van der Waals surface area contributed by atoms with Crippen LogP contribution in [0.3, 0.4) is 0 Å². The third kappa shape index (κ3) is 14.7. The van der Waals surface area contributed by atoms with Crippen LogP contribution < -0.4 is 48.0 Å². The van der Waals surface area contributed by atoms with Crippen LogP contribution in [0.15, 0.2) is 388 Å². The Labute approximate surface area is 674 Å². The first-order valence-corrected chi connectivity index (χ1v) is 38.5. The highest BCUT2D eigenvalue weighted by atomic mass is 16.5. The van der Waals surface area contributed by atoms with Crippen LogP contribution >= 0.6 is 0 Å². The molecule has 0 N–H and O–H groups in total. The smallest absolute Gasteiger partial charge is 0.142 e. The van der Waals surface area contributed by atoms with Crippen molar-refractivity contribution in [2.24, 2.45) is 0 Å². The Hall–Kier alpha value is -14.5. The molecule has 16 aromatic carbocycles.